The first-order chi connectivity index (χ1) is 15.6. The number of esters is 1. The van der Waals surface area contributed by atoms with E-state index in [0.717, 1.165) is 22.4 Å². The predicted octanol–water partition coefficient (Wildman–Crippen LogP) is 5.37. The van der Waals surface area contributed by atoms with Crippen LogP contribution in [0.5, 0.6) is 5.75 Å². The van der Waals surface area contributed by atoms with Crippen LogP contribution >= 0.6 is 11.3 Å². The fourth-order valence-corrected chi connectivity index (χ4v) is 4.66. The maximum atomic E-state index is 12.9. The first-order valence-corrected chi connectivity index (χ1v) is 11.5. The minimum absolute atomic E-state index is 0.209. The first-order valence-electron chi connectivity index (χ1n) is 10.7. The van der Waals surface area contributed by atoms with Gasteiger partial charge in [-0.3, -0.25) is 9.59 Å². The van der Waals surface area contributed by atoms with Crippen molar-refractivity contribution in [3.63, 3.8) is 0 Å². The molecular formula is C25H28N2O5S. The van der Waals surface area contributed by atoms with Crippen molar-refractivity contribution in [2.24, 2.45) is 0 Å². The molecule has 0 spiro atoms. The van der Waals surface area contributed by atoms with Gasteiger partial charge in [0.15, 0.2) is 6.10 Å². The Labute approximate surface area is 197 Å². The molecule has 1 aromatic heterocycles. The maximum Gasteiger partial charge on any atom is 0.341 e. The summed E-state index contributed by atoms with van der Waals surface area (Å²) in [5, 5.41) is 6.63. The van der Waals surface area contributed by atoms with Crippen LogP contribution in [-0.4, -0.2) is 30.5 Å². The SMILES string of the molecule is CCOC(=O)c1c(NC(C)=O)sc2c(O[C@@H](C)C(=O)Nc3cccc(C)c3C)c(C)ccc12. The van der Waals surface area contributed by atoms with Gasteiger partial charge in [-0.15, -0.1) is 11.3 Å². The number of fused-ring (bicyclic) bond motifs is 1. The predicted molar refractivity (Wildman–Crippen MR) is 131 cm³/mol. The van der Waals surface area contributed by atoms with Gasteiger partial charge in [0, 0.05) is 18.0 Å². The van der Waals surface area contributed by atoms with Crippen molar-refractivity contribution < 1.29 is 23.9 Å². The molecule has 0 unspecified atom stereocenters. The van der Waals surface area contributed by atoms with E-state index in [0.29, 0.717) is 20.8 Å². The van der Waals surface area contributed by atoms with Crippen molar-refractivity contribution in [1.29, 1.82) is 0 Å². The summed E-state index contributed by atoms with van der Waals surface area (Å²) in [6.45, 7) is 10.8. The zero-order valence-electron chi connectivity index (χ0n) is 19.6. The smallest absolute Gasteiger partial charge is 0.341 e. The highest BCUT2D eigenvalue weighted by Crippen LogP contribution is 2.43. The molecule has 0 bridgehead atoms. The topological polar surface area (TPSA) is 93.7 Å². The number of hydrogen-bond donors (Lipinski definition) is 2. The molecule has 0 radical (unpaired) electrons. The van der Waals surface area contributed by atoms with E-state index in [-0.39, 0.29) is 24.0 Å². The molecule has 33 heavy (non-hydrogen) atoms. The van der Waals surface area contributed by atoms with Gasteiger partial charge in [0.05, 0.1) is 11.3 Å². The molecule has 2 aromatic carbocycles. The molecule has 0 saturated heterocycles. The lowest BCUT2D eigenvalue weighted by atomic mass is 10.1. The third-order valence-corrected chi connectivity index (χ3v) is 6.42. The minimum Gasteiger partial charge on any atom is -0.479 e. The second-order valence-corrected chi connectivity index (χ2v) is 8.81. The zero-order valence-corrected chi connectivity index (χ0v) is 20.4. The molecule has 8 heteroatoms. The van der Waals surface area contributed by atoms with Crippen LogP contribution in [0.2, 0.25) is 0 Å². The summed E-state index contributed by atoms with van der Waals surface area (Å²) in [5.41, 5.74) is 3.90. The average molecular weight is 469 g/mol. The highest BCUT2D eigenvalue weighted by molar-refractivity contribution is 7.24. The number of thiophene rings is 1. The minimum atomic E-state index is -0.799. The Morgan fingerprint density at radius 1 is 1.03 bits per heavy atom. The Morgan fingerprint density at radius 2 is 1.76 bits per heavy atom. The number of rotatable bonds is 7. The first kappa shape index (κ1) is 24.3. The molecule has 7 nitrogen and oxygen atoms in total. The Kier molecular flexibility index (Phi) is 7.38. The number of aryl methyl sites for hydroxylation is 2. The fourth-order valence-electron chi connectivity index (χ4n) is 3.39. The third kappa shape index (κ3) is 5.17. The van der Waals surface area contributed by atoms with Crippen LogP contribution < -0.4 is 15.4 Å². The quantitative estimate of drug-likeness (QED) is 0.455. The number of hydrogen-bond acceptors (Lipinski definition) is 6. The fraction of sp³-hybridized carbons (Fsp3) is 0.320. The third-order valence-electron chi connectivity index (χ3n) is 5.31. The van der Waals surface area contributed by atoms with E-state index in [9.17, 15) is 14.4 Å². The number of ether oxygens (including phenoxy) is 2. The number of amides is 2. The Bertz CT molecular complexity index is 1230. The molecule has 0 saturated carbocycles. The van der Waals surface area contributed by atoms with Gasteiger partial charge < -0.3 is 20.1 Å². The van der Waals surface area contributed by atoms with Gasteiger partial charge in [-0.05, 0) is 57.4 Å². The molecule has 0 aliphatic rings. The molecule has 1 atom stereocenters. The van der Waals surface area contributed by atoms with E-state index in [1.165, 1.54) is 18.3 Å². The summed E-state index contributed by atoms with van der Waals surface area (Å²) in [5.74, 6) is -0.622. The van der Waals surface area contributed by atoms with E-state index in [1.54, 1.807) is 19.9 Å². The van der Waals surface area contributed by atoms with Crippen molar-refractivity contribution in [2.45, 2.75) is 47.6 Å². The summed E-state index contributed by atoms with van der Waals surface area (Å²) >= 11 is 1.22. The largest absolute Gasteiger partial charge is 0.479 e. The maximum absolute atomic E-state index is 12.9. The molecule has 0 aliphatic heterocycles. The van der Waals surface area contributed by atoms with Gasteiger partial charge in [0.25, 0.3) is 5.91 Å². The van der Waals surface area contributed by atoms with E-state index < -0.39 is 12.1 Å². The van der Waals surface area contributed by atoms with E-state index in [2.05, 4.69) is 10.6 Å². The Hall–Kier alpha value is -3.39. The molecule has 0 aliphatic carbocycles. The monoisotopic (exact) mass is 468 g/mol. The second kappa shape index (κ2) is 10.0. The zero-order chi connectivity index (χ0) is 24.3. The number of nitrogens with one attached hydrogen (secondary N) is 2. The molecule has 2 amide bonds. The van der Waals surface area contributed by atoms with E-state index >= 15 is 0 Å². The molecule has 3 rings (SSSR count). The van der Waals surface area contributed by atoms with Crippen molar-refractivity contribution in [3.05, 3.63) is 52.6 Å². The standard InChI is InChI=1S/C25H28N2O5S/c1-7-31-25(30)20-18-12-11-14(3)21(22(18)33-24(20)26-17(6)28)32-16(5)23(29)27-19-10-8-9-13(2)15(19)4/h8-12,16H,7H2,1-6H3,(H,26,28)(H,27,29)/t16-/m0/s1. The summed E-state index contributed by atoms with van der Waals surface area (Å²) in [7, 11) is 0. The van der Waals surface area contributed by atoms with Crippen LogP contribution in [0.25, 0.3) is 10.1 Å². The number of carbonyl (C=O) groups excluding carboxylic acids is 3. The molecular weight excluding hydrogens is 440 g/mol. The van der Waals surface area contributed by atoms with Crippen LogP contribution in [0.1, 0.15) is 47.8 Å². The van der Waals surface area contributed by atoms with Crippen molar-refractivity contribution in [3.8, 4) is 5.75 Å². The number of anilines is 2. The van der Waals surface area contributed by atoms with Crippen LogP contribution in [0.15, 0.2) is 30.3 Å². The highest BCUT2D eigenvalue weighted by Gasteiger charge is 2.25. The molecule has 2 N–H and O–H groups in total. The number of benzene rings is 2. The number of carbonyl (C=O) groups is 3. The van der Waals surface area contributed by atoms with Crippen LogP contribution in [-0.2, 0) is 14.3 Å². The van der Waals surface area contributed by atoms with Gasteiger partial charge in [0.1, 0.15) is 16.3 Å². The summed E-state index contributed by atoms with van der Waals surface area (Å²) < 4.78 is 12.0. The molecule has 174 valence electrons. The lowest BCUT2D eigenvalue weighted by Crippen LogP contribution is -2.30. The van der Waals surface area contributed by atoms with Gasteiger partial charge in [-0.1, -0.05) is 24.3 Å². The normalized spacial score (nSPS) is 11.7. The van der Waals surface area contributed by atoms with Crippen LogP contribution in [0, 0.1) is 20.8 Å². The van der Waals surface area contributed by atoms with Gasteiger partial charge in [0.2, 0.25) is 5.91 Å². The van der Waals surface area contributed by atoms with Gasteiger partial charge in [-0.25, -0.2) is 4.79 Å². The van der Waals surface area contributed by atoms with Crippen molar-refractivity contribution >= 4 is 49.9 Å². The van der Waals surface area contributed by atoms with E-state index in [4.69, 9.17) is 9.47 Å². The summed E-state index contributed by atoms with van der Waals surface area (Å²) in [6.07, 6.45) is -0.799. The van der Waals surface area contributed by atoms with Crippen LogP contribution in [0.4, 0.5) is 10.7 Å². The molecule has 3 aromatic rings. The summed E-state index contributed by atoms with van der Waals surface area (Å²) in [4.78, 5) is 37.2. The van der Waals surface area contributed by atoms with Crippen molar-refractivity contribution in [2.75, 3.05) is 17.2 Å². The van der Waals surface area contributed by atoms with Gasteiger partial charge >= 0.3 is 5.97 Å². The van der Waals surface area contributed by atoms with Crippen molar-refractivity contribution in [1.82, 2.24) is 0 Å². The van der Waals surface area contributed by atoms with Crippen LogP contribution in [0.3, 0.4) is 0 Å². The lowest BCUT2D eigenvalue weighted by molar-refractivity contribution is -0.122. The second-order valence-electron chi connectivity index (χ2n) is 7.79. The Balaban J connectivity index is 1.97. The highest BCUT2D eigenvalue weighted by atomic mass is 32.1. The summed E-state index contributed by atoms with van der Waals surface area (Å²) in [6, 6.07) is 9.34. The van der Waals surface area contributed by atoms with E-state index in [1.807, 2.05) is 45.0 Å². The average Bonchev–Trinajstić information content (AvgIpc) is 3.11. The lowest BCUT2D eigenvalue weighted by Gasteiger charge is -2.18. The van der Waals surface area contributed by atoms with Gasteiger partial charge in [-0.2, -0.15) is 0 Å². The molecule has 1 heterocycles. The Morgan fingerprint density at radius 3 is 2.42 bits per heavy atom. The molecule has 0 fully saturated rings.